The fraction of sp³-hybridized carbons (Fsp3) is 0.800. The van der Waals surface area contributed by atoms with Crippen LogP contribution in [0.1, 0.15) is 27.2 Å². The molecule has 0 fully saturated rings. The van der Waals surface area contributed by atoms with Gasteiger partial charge in [0.1, 0.15) is 6.04 Å². The third-order valence-corrected chi connectivity index (χ3v) is 1.97. The second-order valence-corrected chi connectivity index (χ2v) is 4.21. The van der Waals surface area contributed by atoms with E-state index < -0.39 is 23.6 Å². The number of amides is 2. The van der Waals surface area contributed by atoms with E-state index in [0.717, 1.165) is 0 Å². The van der Waals surface area contributed by atoms with Gasteiger partial charge in [-0.3, -0.25) is 0 Å². The Labute approximate surface area is 95.4 Å². The first-order valence-corrected chi connectivity index (χ1v) is 5.13. The minimum atomic E-state index is -1.04. The van der Waals surface area contributed by atoms with Crippen molar-refractivity contribution in [2.75, 3.05) is 13.7 Å². The number of hydrogen-bond acceptors (Lipinski definition) is 3. The summed E-state index contributed by atoms with van der Waals surface area (Å²) in [7, 11) is 1.54. The van der Waals surface area contributed by atoms with Crippen molar-refractivity contribution in [3.05, 3.63) is 0 Å². The van der Waals surface area contributed by atoms with Gasteiger partial charge in [-0.1, -0.05) is 6.92 Å². The zero-order valence-electron chi connectivity index (χ0n) is 10.2. The van der Waals surface area contributed by atoms with Gasteiger partial charge in [0.2, 0.25) is 0 Å². The van der Waals surface area contributed by atoms with Crippen molar-refractivity contribution in [3.8, 4) is 0 Å². The average molecular weight is 232 g/mol. The maximum atomic E-state index is 11.5. The molecule has 0 rings (SSSR count). The molecular formula is C10H20N2O4. The molecule has 0 radical (unpaired) electrons. The molecule has 6 nitrogen and oxygen atoms in total. The van der Waals surface area contributed by atoms with Crippen LogP contribution in [0.4, 0.5) is 4.79 Å². The van der Waals surface area contributed by atoms with Crippen molar-refractivity contribution in [2.45, 2.75) is 38.8 Å². The molecule has 2 amide bonds. The van der Waals surface area contributed by atoms with Crippen LogP contribution in [0, 0.1) is 0 Å². The quantitative estimate of drug-likeness (QED) is 0.625. The van der Waals surface area contributed by atoms with Crippen molar-refractivity contribution in [3.63, 3.8) is 0 Å². The summed E-state index contributed by atoms with van der Waals surface area (Å²) in [6, 6.07) is -1.37. The number of carbonyl (C=O) groups excluding carboxylic acids is 1. The molecule has 1 unspecified atom stereocenters. The van der Waals surface area contributed by atoms with E-state index in [1.807, 2.05) is 0 Å². The zero-order chi connectivity index (χ0) is 12.8. The molecule has 0 aliphatic rings. The molecule has 0 aliphatic heterocycles. The number of carboxylic acids is 1. The van der Waals surface area contributed by atoms with Gasteiger partial charge in [-0.2, -0.15) is 0 Å². The number of hydrogen-bond donors (Lipinski definition) is 3. The lowest BCUT2D eigenvalue weighted by Gasteiger charge is -2.26. The molecule has 0 aliphatic carbocycles. The Kier molecular flexibility index (Phi) is 5.81. The average Bonchev–Trinajstić information content (AvgIpc) is 2.12. The number of nitrogens with one attached hydrogen (secondary N) is 2. The van der Waals surface area contributed by atoms with Gasteiger partial charge in [-0.15, -0.1) is 0 Å². The van der Waals surface area contributed by atoms with Crippen molar-refractivity contribution < 1.29 is 19.4 Å². The Bertz CT molecular complexity index is 253. The largest absolute Gasteiger partial charge is 0.480 e. The van der Waals surface area contributed by atoms with Crippen LogP contribution in [0.25, 0.3) is 0 Å². The van der Waals surface area contributed by atoms with Crippen molar-refractivity contribution in [1.29, 1.82) is 0 Å². The third kappa shape index (κ3) is 5.55. The Morgan fingerprint density at radius 3 is 2.38 bits per heavy atom. The van der Waals surface area contributed by atoms with Crippen LogP contribution in [-0.4, -0.2) is 42.4 Å². The van der Waals surface area contributed by atoms with E-state index in [1.54, 1.807) is 20.8 Å². The molecule has 0 heterocycles. The maximum absolute atomic E-state index is 11.5. The van der Waals surface area contributed by atoms with Crippen LogP contribution in [0.2, 0.25) is 0 Å². The molecule has 1 atom stereocenters. The van der Waals surface area contributed by atoms with Gasteiger partial charge in [-0.05, 0) is 20.3 Å². The Balaban J connectivity index is 4.21. The molecule has 6 heteroatoms. The smallest absolute Gasteiger partial charge is 0.326 e. The zero-order valence-corrected chi connectivity index (χ0v) is 10.2. The van der Waals surface area contributed by atoms with Gasteiger partial charge >= 0.3 is 12.0 Å². The molecule has 94 valence electrons. The number of ether oxygens (including phenoxy) is 1. The first-order valence-electron chi connectivity index (χ1n) is 5.13. The lowest BCUT2D eigenvalue weighted by atomic mass is 10.1. The number of methoxy groups -OCH3 is 1. The summed E-state index contributed by atoms with van der Waals surface area (Å²) in [6.07, 6.45) is 0.341. The van der Waals surface area contributed by atoms with E-state index in [-0.39, 0.29) is 0 Å². The van der Waals surface area contributed by atoms with Gasteiger partial charge in [0.05, 0.1) is 12.1 Å². The lowest BCUT2D eigenvalue weighted by molar-refractivity contribution is -0.139. The maximum Gasteiger partial charge on any atom is 0.326 e. The molecule has 0 bridgehead atoms. The van der Waals surface area contributed by atoms with E-state index in [2.05, 4.69) is 10.6 Å². The van der Waals surface area contributed by atoms with E-state index in [1.165, 1.54) is 7.11 Å². The molecular weight excluding hydrogens is 212 g/mol. The number of rotatable bonds is 6. The highest BCUT2D eigenvalue weighted by atomic mass is 16.5. The van der Waals surface area contributed by atoms with Gasteiger partial charge in [-0.25, -0.2) is 9.59 Å². The SMILES string of the molecule is CCC(NC(=O)NC(C)(C)COC)C(=O)O. The van der Waals surface area contributed by atoms with E-state index in [9.17, 15) is 9.59 Å². The number of aliphatic carboxylic acids is 1. The van der Waals surface area contributed by atoms with Crippen LogP contribution in [-0.2, 0) is 9.53 Å². The van der Waals surface area contributed by atoms with Crippen LogP contribution in [0.5, 0.6) is 0 Å². The fourth-order valence-electron chi connectivity index (χ4n) is 1.24. The minimum Gasteiger partial charge on any atom is -0.480 e. The van der Waals surface area contributed by atoms with Gasteiger partial charge in [0.15, 0.2) is 0 Å². The normalized spacial score (nSPS) is 13.0. The van der Waals surface area contributed by atoms with Crippen LogP contribution in [0.15, 0.2) is 0 Å². The molecule has 0 aromatic heterocycles. The lowest BCUT2D eigenvalue weighted by Crippen LogP contribution is -2.54. The molecule has 0 aromatic carbocycles. The molecule has 0 saturated carbocycles. The van der Waals surface area contributed by atoms with E-state index >= 15 is 0 Å². The first-order chi connectivity index (χ1) is 7.32. The summed E-state index contributed by atoms with van der Waals surface area (Å²) in [5.74, 6) is -1.04. The standard InChI is InChI=1S/C10H20N2O4/c1-5-7(8(13)14)11-9(15)12-10(2,3)6-16-4/h7H,5-6H2,1-4H3,(H,13,14)(H2,11,12,15). The summed E-state index contributed by atoms with van der Waals surface area (Å²) < 4.78 is 4.93. The molecule has 16 heavy (non-hydrogen) atoms. The van der Waals surface area contributed by atoms with Gasteiger partial charge in [0, 0.05) is 7.11 Å². The number of carbonyl (C=O) groups is 2. The summed E-state index contributed by atoms with van der Waals surface area (Å²) in [5, 5.41) is 13.8. The summed E-state index contributed by atoms with van der Waals surface area (Å²) in [6.45, 7) is 5.62. The van der Waals surface area contributed by atoms with Crippen molar-refractivity contribution in [1.82, 2.24) is 10.6 Å². The number of carboxylic acid groups (broad SMARTS) is 1. The van der Waals surface area contributed by atoms with E-state index in [4.69, 9.17) is 9.84 Å². The Morgan fingerprint density at radius 1 is 1.44 bits per heavy atom. The second-order valence-electron chi connectivity index (χ2n) is 4.21. The van der Waals surface area contributed by atoms with Crippen molar-refractivity contribution >= 4 is 12.0 Å². The topological polar surface area (TPSA) is 87.7 Å². The predicted octanol–water partition coefficient (Wildman–Crippen LogP) is 0.574. The summed E-state index contributed by atoms with van der Waals surface area (Å²) >= 11 is 0. The second kappa shape index (κ2) is 6.32. The van der Waals surface area contributed by atoms with Crippen LogP contribution < -0.4 is 10.6 Å². The third-order valence-electron chi connectivity index (χ3n) is 1.97. The molecule has 3 N–H and O–H groups in total. The van der Waals surface area contributed by atoms with Crippen LogP contribution in [0.3, 0.4) is 0 Å². The first kappa shape index (κ1) is 14.7. The van der Waals surface area contributed by atoms with Crippen LogP contribution >= 0.6 is 0 Å². The van der Waals surface area contributed by atoms with Gasteiger partial charge < -0.3 is 20.5 Å². The predicted molar refractivity (Wildman–Crippen MR) is 59.3 cm³/mol. The Morgan fingerprint density at radius 2 is 2.00 bits per heavy atom. The van der Waals surface area contributed by atoms with E-state index in [0.29, 0.717) is 13.0 Å². The molecule has 0 aromatic rings. The monoisotopic (exact) mass is 232 g/mol. The Hall–Kier alpha value is -1.30. The molecule has 0 spiro atoms. The highest BCUT2D eigenvalue weighted by Gasteiger charge is 2.23. The summed E-state index contributed by atoms with van der Waals surface area (Å²) in [4.78, 5) is 22.2. The minimum absolute atomic E-state index is 0.341. The molecule has 0 saturated heterocycles. The highest BCUT2D eigenvalue weighted by molar-refractivity contribution is 5.82. The summed E-state index contributed by atoms with van der Waals surface area (Å²) in [5.41, 5.74) is -0.532. The number of urea groups is 1. The van der Waals surface area contributed by atoms with Gasteiger partial charge in [0.25, 0.3) is 0 Å². The van der Waals surface area contributed by atoms with Crippen molar-refractivity contribution in [2.24, 2.45) is 0 Å². The fourth-order valence-corrected chi connectivity index (χ4v) is 1.24. The highest BCUT2D eigenvalue weighted by Crippen LogP contribution is 2.02.